The first-order valence-electron chi connectivity index (χ1n) is 13.5. The second-order valence-corrected chi connectivity index (χ2v) is 11.0. The zero-order chi connectivity index (χ0) is 27.4. The number of pyridine rings is 1. The van der Waals surface area contributed by atoms with Crippen molar-refractivity contribution in [2.24, 2.45) is 0 Å². The number of amides is 3. The minimum Gasteiger partial charge on any atom is -0.444 e. The van der Waals surface area contributed by atoms with Gasteiger partial charge in [0.15, 0.2) is 5.65 Å². The predicted octanol–water partition coefficient (Wildman–Crippen LogP) is 4.89. The number of urea groups is 1. The van der Waals surface area contributed by atoms with Gasteiger partial charge in [-0.1, -0.05) is 12.8 Å². The van der Waals surface area contributed by atoms with E-state index in [1.54, 1.807) is 17.2 Å². The van der Waals surface area contributed by atoms with E-state index in [9.17, 15) is 9.59 Å². The summed E-state index contributed by atoms with van der Waals surface area (Å²) < 4.78 is 5.49. The fraction of sp³-hybridized carbons (Fsp3) is 0.464. The lowest BCUT2D eigenvalue weighted by molar-refractivity contribution is 0.0240. The van der Waals surface area contributed by atoms with Crippen LogP contribution in [0, 0.1) is 0 Å². The Bertz CT molecular complexity index is 1310. The highest BCUT2D eigenvalue weighted by atomic mass is 16.6. The van der Waals surface area contributed by atoms with Crippen LogP contribution in [-0.2, 0) is 4.74 Å². The number of aromatic nitrogens is 3. The number of nitrogens with one attached hydrogen (secondary N) is 3. The minimum absolute atomic E-state index is 0.233. The highest BCUT2D eigenvalue weighted by Gasteiger charge is 2.26. The maximum Gasteiger partial charge on any atom is 0.410 e. The number of piperazine rings is 1. The molecule has 2 fully saturated rings. The molecule has 3 amide bonds. The molecule has 206 valence electrons. The van der Waals surface area contributed by atoms with Gasteiger partial charge in [-0.3, -0.25) is 5.32 Å². The van der Waals surface area contributed by atoms with Crippen LogP contribution in [-0.4, -0.2) is 69.8 Å². The molecule has 3 heterocycles. The molecule has 0 bridgehead atoms. The van der Waals surface area contributed by atoms with Crippen LogP contribution in [0.4, 0.5) is 32.7 Å². The van der Waals surface area contributed by atoms with Gasteiger partial charge in [0, 0.05) is 55.2 Å². The van der Waals surface area contributed by atoms with Crippen molar-refractivity contribution in [3.05, 3.63) is 42.6 Å². The normalized spacial score (nSPS) is 16.3. The number of carbonyl (C=O) groups is 2. The average molecular weight is 533 g/mol. The summed E-state index contributed by atoms with van der Waals surface area (Å²) in [6.45, 7) is 8.34. The summed E-state index contributed by atoms with van der Waals surface area (Å²) >= 11 is 0. The fourth-order valence-corrected chi connectivity index (χ4v) is 4.81. The predicted molar refractivity (Wildman–Crippen MR) is 151 cm³/mol. The molecule has 2 aromatic heterocycles. The Morgan fingerprint density at radius 3 is 2.36 bits per heavy atom. The molecule has 1 saturated heterocycles. The van der Waals surface area contributed by atoms with Crippen LogP contribution in [0.3, 0.4) is 0 Å². The number of benzene rings is 1. The molecule has 2 aliphatic rings. The summed E-state index contributed by atoms with van der Waals surface area (Å²) in [7, 11) is 0. The van der Waals surface area contributed by atoms with Crippen molar-refractivity contribution in [3.8, 4) is 0 Å². The van der Waals surface area contributed by atoms with Gasteiger partial charge in [-0.15, -0.1) is 0 Å². The number of ether oxygens (including phenoxy) is 1. The first-order valence-corrected chi connectivity index (χ1v) is 13.5. The van der Waals surface area contributed by atoms with Crippen LogP contribution in [0.2, 0.25) is 0 Å². The lowest BCUT2D eigenvalue weighted by Gasteiger charge is -2.36. The Labute approximate surface area is 228 Å². The Balaban J connectivity index is 1.17. The molecule has 0 atom stereocenters. The van der Waals surface area contributed by atoms with E-state index in [4.69, 9.17) is 4.74 Å². The summed E-state index contributed by atoms with van der Waals surface area (Å²) in [5.41, 5.74) is 1.92. The van der Waals surface area contributed by atoms with Crippen molar-refractivity contribution < 1.29 is 14.3 Å². The van der Waals surface area contributed by atoms with Gasteiger partial charge in [-0.25, -0.2) is 19.6 Å². The molecule has 1 saturated carbocycles. The van der Waals surface area contributed by atoms with E-state index in [1.165, 1.54) is 0 Å². The highest BCUT2D eigenvalue weighted by Crippen LogP contribution is 2.23. The van der Waals surface area contributed by atoms with Crippen LogP contribution in [0.15, 0.2) is 42.6 Å². The Kier molecular flexibility index (Phi) is 7.67. The van der Waals surface area contributed by atoms with Crippen molar-refractivity contribution in [3.63, 3.8) is 0 Å². The first kappa shape index (κ1) is 26.5. The molecule has 11 nitrogen and oxygen atoms in total. The Morgan fingerprint density at radius 2 is 1.67 bits per heavy atom. The van der Waals surface area contributed by atoms with Crippen molar-refractivity contribution in [1.29, 1.82) is 0 Å². The molecular formula is C28H36N8O3. The third kappa shape index (κ3) is 7.04. The summed E-state index contributed by atoms with van der Waals surface area (Å²) in [6.07, 6.45) is 5.79. The average Bonchev–Trinajstić information content (AvgIpc) is 3.41. The second-order valence-electron chi connectivity index (χ2n) is 11.0. The number of anilines is 4. The molecule has 1 aromatic carbocycles. The smallest absolute Gasteiger partial charge is 0.410 e. The molecular weight excluding hydrogens is 496 g/mol. The van der Waals surface area contributed by atoms with Crippen molar-refractivity contribution in [2.45, 2.75) is 58.1 Å². The van der Waals surface area contributed by atoms with E-state index in [2.05, 4.69) is 35.8 Å². The van der Waals surface area contributed by atoms with Crippen molar-refractivity contribution in [2.75, 3.05) is 41.7 Å². The topological polar surface area (TPSA) is 125 Å². The molecule has 3 N–H and O–H groups in total. The van der Waals surface area contributed by atoms with Crippen LogP contribution in [0.5, 0.6) is 0 Å². The van der Waals surface area contributed by atoms with E-state index in [1.807, 2.05) is 51.1 Å². The van der Waals surface area contributed by atoms with Gasteiger partial charge in [0.2, 0.25) is 5.95 Å². The van der Waals surface area contributed by atoms with E-state index in [0.29, 0.717) is 30.5 Å². The summed E-state index contributed by atoms with van der Waals surface area (Å²) in [5, 5.41) is 9.82. The monoisotopic (exact) mass is 532 g/mol. The molecule has 0 spiro atoms. The third-order valence-corrected chi connectivity index (χ3v) is 6.79. The van der Waals surface area contributed by atoms with Crippen molar-refractivity contribution in [1.82, 2.24) is 25.2 Å². The Morgan fingerprint density at radius 1 is 0.949 bits per heavy atom. The third-order valence-electron chi connectivity index (χ3n) is 6.79. The van der Waals surface area contributed by atoms with E-state index in [-0.39, 0.29) is 18.2 Å². The molecule has 3 aromatic rings. The van der Waals surface area contributed by atoms with Crippen molar-refractivity contribution >= 4 is 46.3 Å². The minimum atomic E-state index is -0.494. The SMILES string of the molecule is CC(C)(C)OC(=O)N1CCN(c2ccc(Nc3ncc4ccc(NC(=O)NC5CCCC5)nc4n3)cc2)CC1. The molecule has 1 aliphatic heterocycles. The van der Waals surface area contributed by atoms with Crippen LogP contribution in [0.1, 0.15) is 46.5 Å². The van der Waals surface area contributed by atoms with Crippen LogP contribution in [0.25, 0.3) is 11.0 Å². The summed E-state index contributed by atoms with van der Waals surface area (Å²) in [5.74, 6) is 0.861. The summed E-state index contributed by atoms with van der Waals surface area (Å²) in [4.78, 5) is 42.1. The van der Waals surface area contributed by atoms with E-state index < -0.39 is 5.60 Å². The molecule has 5 rings (SSSR count). The van der Waals surface area contributed by atoms with E-state index >= 15 is 0 Å². The first-order chi connectivity index (χ1) is 18.7. The largest absolute Gasteiger partial charge is 0.444 e. The lowest BCUT2D eigenvalue weighted by atomic mass is 10.2. The maximum absolute atomic E-state index is 12.3. The lowest BCUT2D eigenvalue weighted by Crippen LogP contribution is -2.50. The fourth-order valence-electron chi connectivity index (χ4n) is 4.81. The second kappa shape index (κ2) is 11.3. The number of carbonyl (C=O) groups excluding carboxylic acids is 2. The number of hydrogen-bond acceptors (Lipinski definition) is 8. The van der Waals surface area contributed by atoms with Gasteiger partial charge in [0.25, 0.3) is 0 Å². The maximum atomic E-state index is 12.3. The standard InChI is InChI=1S/C28H36N8O3/c1-28(2,3)39-27(38)36-16-14-35(15-17-36)22-11-9-21(10-12-22)30-25-29-18-19-8-13-23(32-24(19)34-25)33-26(37)31-20-6-4-5-7-20/h8-13,18,20H,4-7,14-17H2,1-3H3,(H3,29,30,31,32,33,34,37). The molecule has 11 heteroatoms. The quantitative estimate of drug-likeness (QED) is 0.424. The van der Waals surface area contributed by atoms with Crippen LogP contribution < -0.4 is 20.9 Å². The number of nitrogens with zero attached hydrogens (tertiary/aromatic N) is 5. The Hall–Kier alpha value is -4.15. The van der Waals surface area contributed by atoms with Gasteiger partial charge in [0.05, 0.1) is 0 Å². The van der Waals surface area contributed by atoms with E-state index in [0.717, 1.165) is 55.5 Å². The molecule has 39 heavy (non-hydrogen) atoms. The van der Waals surface area contributed by atoms with Crippen LogP contribution >= 0.6 is 0 Å². The zero-order valence-corrected chi connectivity index (χ0v) is 22.7. The number of fused-ring (bicyclic) bond motifs is 1. The molecule has 0 radical (unpaired) electrons. The van der Waals surface area contributed by atoms with Gasteiger partial charge < -0.3 is 25.2 Å². The highest BCUT2D eigenvalue weighted by molar-refractivity contribution is 5.90. The number of hydrogen-bond donors (Lipinski definition) is 3. The molecule has 0 unspecified atom stereocenters. The molecule has 1 aliphatic carbocycles. The zero-order valence-electron chi connectivity index (χ0n) is 22.7. The number of rotatable bonds is 5. The van der Waals surface area contributed by atoms with Gasteiger partial charge in [-0.2, -0.15) is 4.98 Å². The van der Waals surface area contributed by atoms with Gasteiger partial charge >= 0.3 is 12.1 Å². The summed E-state index contributed by atoms with van der Waals surface area (Å²) in [6, 6.07) is 11.6. The van der Waals surface area contributed by atoms with Gasteiger partial charge in [0.1, 0.15) is 11.4 Å². The van der Waals surface area contributed by atoms with Gasteiger partial charge in [-0.05, 0) is 70.0 Å².